The Kier molecular flexibility index (Phi) is 7.49. The quantitative estimate of drug-likeness (QED) is 0.514. The molecule has 1 atom stereocenters. The number of rotatable bonds is 7. The normalized spacial score (nSPS) is 12.0. The van der Waals surface area contributed by atoms with Gasteiger partial charge in [-0.1, -0.05) is 11.6 Å². The molecule has 0 aliphatic rings. The van der Waals surface area contributed by atoms with Gasteiger partial charge in [-0.05, 0) is 74.5 Å². The predicted molar refractivity (Wildman–Crippen MR) is 120 cm³/mol. The standard InChI is InChI=1S/C22H24ClN5O5/c1-22(2,3)33-21(30)24-18(20(29)31-4)13-28-26-19(25-27-28)14-5-9-16(10-6-14)32-17-11-7-15(23)8-12-17/h5-12,18H,13H2,1-4H3,(H,24,30)/t18-/m0/s1. The number of hydrogen-bond donors (Lipinski definition) is 1. The monoisotopic (exact) mass is 473 g/mol. The summed E-state index contributed by atoms with van der Waals surface area (Å²) in [6.07, 6.45) is -0.755. The maximum atomic E-state index is 12.1. The van der Waals surface area contributed by atoms with Crippen LogP contribution in [0, 0.1) is 0 Å². The van der Waals surface area contributed by atoms with Crippen molar-refractivity contribution < 1.29 is 23.8 Å². The van der Waals surface area contributed by atoms with E-state index in [1.54, 1.807) is 69.3 Å². The summed E-state index contributed by atoms with van der Waals surface area (Å²) in [5.41, 5.74) is -0.0215. The number of aromatic nitrogens is 4. The van der Waals surface area contributed by atoms with Gasteiger partial charge in [-0.3, -0.25) is 0 Å². The van der Waals surface area contributed by atoms with Gasteiger partial charge in [0.15, 0.2) is 6.04 Å². The van der Waals surface area contributed by atoms with Crippen LogP contribution in [-0.4, -0.2) is 51.0 Å². The molecule has 3 rings (SSSR count). The van der Waals surface area contributed by atoms with Gasteiger partial charge in [0.1, 0.15) is 17.1 Å². The minimum absolute atomic E-state index is 0.0866. The fourth-order valence-electron chi connectivity index (χ4n) is 2.68. The molecule has 0 radical (unpaired) electrons. The fraction of sp³-hybridized carbons (Fsp3) is 0.318. The van der Waals surface area contributed by atoms with E-state index in [2.05, 4.69) is 20.7 Å². The van der Waals surface area contributed by atoms with Crippen LogP contribution in [0.25, 0.3) is 11.4 Å². The van der Waals surface area contributed by atoms with E-state index >= 15 is 0 Å². The van der Waals surface area contributed by atoms with E-state index in [0.717, 1.165) is 0 Å². The summed E-state index contributed by atoms with van der Waals surface area (Å²) < 4.78 is 15.7. The number of methoxy groups -OCH3 is 1. The Morgan fingerprint density at radius 3 is 2.24 bits per heavy atom. The Labute approximate surface area is 195 Å². The number of carbonyl (C=O) groups is 2. The Morgan fingerprint density at radius 1 is 1.06 bits per heavy atom. The van der Waals surface area contributed by atoms with Crippen molar-refractivity contribution in [2.45, 2.75) is 39.0 Å². The largest absolute Gasteiger partial charge is 0.467 e. The zero-order valence-corrected chi connectivity index (χ0v) is 19.4. The smallest absolute Gasteiger partial charge is 0.408 e. The van der Waals surface area contributed by atoms with Crippen LogP contribution < -0.4 is 10.1 Å². The van der Waals surface area contributed by atoms with Crippen LogP contribution in [0.1, 0.15) is 20.8 Å². The maximum absolute atomic E-state index is 12.1. The molecule has 1 aromatic heterocycles. The highest BCUT2D eigenvalue weighted by Gasteiger charge is 2.26. The molecule has 0 aliphatic carbocycles. The molecule has 11 heteroatoms. The molecule has 0 saturated heterocycles. The van der Waals surface area contributed by atoms with Gasteiger partial charge in [-0.2, -0.15) is 4.80 Å². The second-order valence-electron chi connectivity index (χ2n) is 7.97. The molecule has 0 bridgehead atoms. The molecule has 174 valence electrons. The molecular weight excluding hydrogens is 450 g/mol. The van der Waals surface area contributed by atoms with Gasteiger partial charge >= 0.3 is 12.1 Å². The molecular formula is C22H24ClN5O5. The number of nitrogens with zero attached hydrogens (tertiary/aromatic N) is 4. The Bertz CT molecular complexity index is 1090. The van der Waals surface area contributed by atoms with E-state index in [9.17, 15) is 9.59 Å². The van der Waals surface area contributed by atoms with E-state index in [4.69, 9.17) is 25.8 Å². The summed E-state index contributed by atoms with van der Waals surface area (Å²) >= 11 is 5.88. The number of alkyl carbamates (subject to hydrolysis) is 1. The van der Waals surface area contributed by atoms with Crippen molar-refractivity contribution in [3.8, 4) is 22.9 Å². The lowest BCUT2D eigenvalue weighted by molar-refractivity contribution is -0.143. The molecule has 0 spiro atoms. The first-order chi connectivity index (χ1) is 15.6. The van der Waals surface area contributed by atoms with Gasteiger partial charge in [0.05, 0.1) is 13.7 Å². The minimum Gasteiger partial charge on any atom is -0.467 e. The van der Waals surface area contributed by atoms with E-state index in [-0.39, 0.29) is 6.54 Å². The van der Waals surface area contributed by atoms with Gasteiger partial charge in [-0.15, -0.1) is 10.2 Å². The number of amides is 1. The number of ether oxygens (including phenoxy) is 3. The molecule has 10 nitrogen and oxygen atoms in total. The predicted octanol–water partition coefficient (Wildman–Crippen LogP) is 3.85. The summed E-state index contributed by atoms with van der Waals surface area (Å²) in [5, 5.41) is 15.4. The first kappa shape index (κ1) is 24.0. The van der Waals surface area contributed by atoms with Crippen molar-refractivity contribution in [2.75, 3.05) is 7.11 Å². The van der Waals surface area contributed by atoms with Crippen LogP contribution in [0.4, 0.5) is 4.79 Å². The zero-order valence-electron chi connectivity index (χ0n) is 18.6. The number of halogens is 1. The summed E-state index contributed by atoms with van der Waals surface area (Å²) in [6, 6.07) is 13.1. The third kappa shape index (κ3) is 7.18. The highest BCUT2D eigenvalue weighted by molar-refractivity contribution is 6.30. The summed E-state index contributed by atoms with van der Waals surface area (Å²) in [7, 11) is 1.22. The van der Waals surface area contributed by atoms with E-state index in [1.807, 2.05) is 0 Å². The van der Waals surface area contributed by atoms with Crippen LogP contribution in [-0.2, 0) is 20.8 Å². The molecule has 0 saturated carbocycles. The fourth-order valence-corrected chi connectivity index (χ4v) is 2.81. The van der Waals surface area contributed by atoms with Crippen molar-refractivity contribution in [3.05, 3.63) is 53.6 Å². The first-order valence-electron chi connectivity index (χ1n) is 10.0. The molecule has 2 aromatic carbocycles. The summed E-state index contributed by atoms with van der Waals surface area (Å²) in [5.74, 6) is 0.959. The van der Waals surface area contributed by atoms with E-state index in [0.29, 0.717) is 27.9 Å². The molecule has 0 unspecified atom stereocenters. The highest BCUT2D eigenvalue weighted by atomic mass is 35.5. The number of benzene rings is 2. The lowest BCUT2D eigenvalue weighted by Crippen LogP contribution is -2.46. The van der Waals surface area contributed by atoms with Crippen molar-refractivity contribution in [3.63, 3.8) is 0 Å². The molecule has 0 fully saturated rings. The first-order valence-corrected chi connectivity index (χ1v) is 10.4. The number of hydrogen-bond acceptors (Lipinski definition) is 8. The molecule has 1 heterocycles. The third-order valence-corrected chi connectivity index (χ3v) is 4.39. The third-order valence-electron chi connectivity index (χ3n) is 4.14. The average molecular weight is 474 g/mol. The Morgan fingerprint density at radius 2 is 1.67 bits per heavy atom. The SMILES string of the molecule is COC(=O)[C@H](Cn1nnc(-c2ccc(Oc3ccc(Cl)cc3)cc2)n1)NC(=O)OC(C)(C)C. The van der Waals surface area contributed by atoms with Gasteiger partial charge in [0.25, 0.3) is 0 Å². The molecule has 1 N–H and O–H groups in total. The number of nitrogens with one attached hydrogen (secondary N) is 1. The second kappa shape index (κ2) is 10.3. The second-order valence-corrected chi connectivity index (χ2v) is 8.41. The highest BCUT2D eigenvalue weighted by Crippen LogP contribution is 2.25. The summed E-state index contributed by atoms with van der Waals surface area (Å²) in [4.78, 5) is 25.4. The van der Waals surface area contributed by atoms with Crippen LogP contribution in [0.5, 0.6) is 11.5 Å². The van der Waals surface area contributed by atoms with Crippen molar-refractivity contribution >= 4 is 23.7 Å². The van der Waals surface area contributed by atoms with Gasteiger partial charge < -0.3 is 19.5 Å². The van der Waals surface area contributed by atoms with Crippen LogP contribution in [0.2, 0.25) is 5.02 Å². The lowest BCUT2D eigenvalue weighted by Gasteiger charge is -2.22. The maximum Gasteiger partial charge on any atom is 0.408 e. The van der Waals surface area contributed by atoms with Crippen molar-refractivity contribution in [1.82, 2.24) is 25.5 Å². The lowest BCUT2D eigenvalue weighted by atomic mass is 10.2. The molecule has 3 aromatic rings. The van der Waals surface area contributed by atoms with Crippen molar-refractivity contribution in [2.24, 2.45) is 0 Å². The van der Waals surface area contributed by atoms with Gasteiger partial charge in [0, 0.05) is 10.6 Å². The Balaban J connectivity index is 1.66. The number of tetrazole rings is 1. The minimum atomic E-state index is -1.05. The van der Waals surface area contributed by atoms with Gasteiger partial charge in [-0.25, -0.2) is 9.59 Å². The summed E-state index contributed by atoms with van der Waals surface area (Å²) in [6.45, 7) is 5.07. The molecule has 1 amide bonds. The van der Waals surface area contributed by atoms with Gasteiger partial charge in [0.2, 0.25) is 5.82 Å². The average Bonchev–Trinajstić information content (AvgIpc) is 3.22. The van der Waals surface area contributed by atoms with Crippen LogP contribution in [0.3, 0.4) is 0 Å². The molecule has 33 heavy (non-hydrogen) atoms. The van der Waals surface area contributed by atoms with Crippen LogP contribution in [0.15, 0.2) is 48.5 Å². The van der Waals surface area contributed by atoms with Crippen molar-refractivity contribution in [1.29, 1.82) is 0 Å². The zero-order chi connectivity index (χ0) is 24.0. The number of esters is 1. The van der Waals surface area contributed by atoms with E-state index < -0.39 is 23.7 Å². The van der Waals surface area contributed by atoms with E-state index in [1.165, 1.54) is 11.9 Å². The topological polar surface area (TPSA) is 117 Å². The number of carbonyl (C=O) groups excluding carboxylic acids is 2. The molecule has 0 aliphatic heterocycles. The Hall–Kier alpha value is -3.66. The van der Waals surface area contributed by atoms with Crippen LogP contribution >= 0.6 is 11.6 Å².